The van der Waals surface area contributed by atoms with Gasteiger partial charge in [0.25, 0.3) is 0 Å². The van der Waals surface area contributed by atoms with Gasteiger partial charge in [-0.2, -0.15) is 0 Å². The molecule has 0 aromatic heterocycles. The molecule has 0 aromatic rings. The molecule has 22 heavy (non-hydrogen) atoms. The Morgan fingerprint density at radius 2 is 1.82 bits per heavy atom. The van der Waals surface area contributed by atoms with Crippen LogP contribution in [-0.2, 0) is 18.4 Å². The van der Waals surface area contributed by atoms with Crippen molar-refractivity contribution >= 4 is 36.5 Å². The molecule has 1 amide bonds. The van der Waals surface area contributed by atoms with Gasteiger partial charge in [-0.1, -0.05) is 0 Å². The van der Waals surface area contributed by atoms with E-state index in [0.717, 1.165) is 12.8 Å². The van der Waals surface area contributed by atoms with Crippen molar-refractivity contribution in [1.82, 2.24) is 4.90 Å². The first-order valence-electron chi connectivity index (χ1n) is 7.50. The maximum Gasteiger partial charge on any atom is 0.410 e. The van der Waals surface area contributed by atoms with Gasteiger partial charge in [-0.25, -0.2) is 4.79 Å². The van der Waals surface area contributed by atoms with Crippen LogP contribution in [0.25, 0.3) is 0 Å². The number of ether oxygens (including phenoxy) is 3. The summed E-state index contributed by atoms with van der Waals surface area (Å²) < 4.78 is 21.6. The molecule has 1 saturated heterocycles. The van der Waals surface area contributed by atoms with Crippen LogP contribution in [0.5, 0.6) is 0 Å². The van der Waals surface area contributed by atoms with Gasteiger partial charge in [0.15, 0.2) is 0 Å². The fourth-order valence-electron chi connectivity index (χ4n) is 1.78. The first-order chi connectivity index (χ1) is 10.4. The molecule has 0 unspecified atom stereocenters. The molecule has 0 N–H and O–H groups in total. The number of likely N-dealkylation sites (tertiary alicyclic amines) is 1. The van der Waals surface area contributed by atoms with Crippen molar-refractivity contribution in [3.8, 4) is 0 Å². The zero-order valence-corrected chi connectivity index (χ0v) is 16.5. The minimum Gasteiger partial charge on any atom is -0.444 e. The minimum atomic E-state index is -0.444. The highest BCUT2D eigenvalue weighted by Crippen LogP contribution is 2.17. The number of carbonyl (C=O) groups excluding carboxylic acids is 1. The van der Waals surface area contributed by atoms with Crippen molar-refractivity contribution in [3.05, 3.63) is 0 Å². The van der Waals surface area contributed by atoms with E-state index in [1.165, 1.54) is 9.21 Å². The van der Waals surface area contributed by atoms with Crippen molar-refractivity contribution in [1.29, 1.82) is 0 Å². The number of hydrogen-bond acceptors (Lipinski definition) is 6. The van der Waals surface area contributed by atoms with Gasteiger partial charge in [0.05, 0.1) is 35.0 Å². The highest BCUT2D eigenvalue weighted by Gasteiger charge is 2.34. The topological polar surface area (TPSA) is 57.2 Å². The van der Waals surface area contributed by atoms with Crippen LogP contribution >= 0.6 is 30.4 Å². The van der Waals surface area contributed by atoms with Gasteiger partial charge < -0.3 is 23.3 Å². The van der Waals surface area contributed by atoms with Crippen LogP contribution in [0.2, 0.25) is 0 Å². The summed E-state index contributed by atoms with van der Waals surface area (Å²) in [5.74, 6) is 0. The monoisotopic (exact) mass is 447 g/mol. The van der Waals surface area contributed by atoms with Crippen LogP contribution in [0.15, 0.2) is 0 Å². The Morgan fingerprint density at radius 3 is 2.41 bits per heavy atom. The van der Waals surface area contributed by atoms with E-state index in [0.29, 0.717) is 39.5 Å². The van der Waals surface area contributed by atoms with E-state index in [-0.39, 0.29) is 12.2 Å². The van der Waals surface area contributed by atoms with E-state index in [1.54, 1.807) is 4.90 Å². The van der Waals surface area contributed by atoms with Gasteiger partial charge in [-0.15, -0.1) is 0 Å². The lowest BCUT2D eigenvalue weighted by atomic mass is 10.2. The van der Waals surface area contributed by atoms with Crippen LogP contribution in [0.1, 0.15) is 33.6 Å². The highest BCUT2D eigenvalue weighted by molar-refractivity contribution is 14.2. The molecule has 6 nitrogen and oxygen atoms in total. The molecule has 0 atom stereocenters. The molecule has 1 aliphatic rings. The number of amides is 1. The molecular weight excluding hydrogens is 421 g/mol. The Hall–Kier alpha value is 0.230. The lowest BCUT2D eigenvalue weighted by Crippen LogP contribution is -2.56. The average molecular weight is 447 g/mol. The third-order valence-corrected chi connectivity index (χ3v) is 3.87. The summed E-state index contributed by atoms with van der Waals surface area (Å²) in [5.41, 5.74) is -0.444. The molecule has 0 aromatic carbocycles. The number of rotatable bonds is 10. The molecular formula is C14H26INO5S. The second kappa shape index (κ2) is 10.9. The molecule has 1 rings (SSSR count). The van der Waals surface area contributed by atoms with E-state index in [9.17, 15) is 4.79 Å². The predicted octanol–water partition coefficient (Wildman–Crippen LogP) is 3.43. The van der Waals surface area contributed by atoms with Gasteiger partial charge in [-0.3, -0.25) is 0 Å². The summed E-state index contributed by atoms with van der Waals surface area (Å²) in [5, 5.41) is 0. The van der Waals surface area contributed by atoms with E-state index in [4.69, 9.17) is 18.4 Å². The fourth-order valence-corrected chi connectivity index (χ4v) is 2.50. The Kier molecular flexibility index (Phi) is 10.0. The molecule has 0 saturated carbocycles. The van der Waals surface area contributed by atoms with Gasteiger partial charge >= 0.3 is 6.09 Å². The molecule has 1 heterocycles. The van der Waals surface area contributed by atoms with Gasteiger partial charge in [0, 0.05) is 41.0 Å². The van der Waals surface area contributed by atoms with Gasteiger partial charge in [-0.05, 0) is 33.6 Å². The average Bonchev–Trinajstić information content (AvgIpc) is 2.36. The standard InChI is InChI=1S/C14H26INO5S/c1-14(2,3)21-13(17)16-10-12(11-16)19-8-4-6-18-7-5-9-20-22-15/h12H,4-11H2,1-3H3. The van der Waals surface area contributed by atoms with Crippen molar-refractivity contribution < 1.29 is 23.2 Å². The van der Waals surface area contributed by atoms with E-state index < -0.39 is 5.60 Å². The van der Waals surface area contributed by atoms with Crippen LogP contribution in [0.4, 0.5) is 4.79 Å². The van der Waals surface area contributed by atoms with Crippen LogP contribution in [0, 0.1) is 0 Å². The highest BCUT2D eigenvalue weighted by atomic mass is 127. The molecule has 1 fully saturated rings. The summed E-state index contributed by atoms with van der Waals surface area (Å²) in [6.07, 6.45) is 1.64. The minimum absolute atomic E-state index is 0.126. The Morgan fingerprint density at radius 1 is 1.18 bits per heavy atom. The van der Waals surface area contributed by atoms with Crippen LogP contribution in [0.3, 0.4) is 0 Å². The SMILES string of the molecule is CC(C)(C)OC(=O)N1CC(OCCCOCCCOSI)C1. The first kappa shape index (κ1) is 20.3. The third kappa shape index (κ3) is 9.39. The maximum atomic E-state index is 11.7. The second-order valence-corrected chi connectivity index (χ2v) is 7.52. The normalized spacial score (nSPS) is 15.7. The predicted molar refractivity (Wildman–Crippen MR) is 95.2 cm³/mol. The number of halogens is 1. The smallest absolute Gasteiger partial charge is 0.410 e. The van der Waals surface area contributed by atoms with Crippen LogP contribution in [-0.4, -0.2) is 62.2 Å². The van der Waals surface area contributed by atoms with Crippen molar-refractivity contribution in [2.45, 2.75) is 45.3 Å². The van der Waals surface area contributed by atoms with Gasteiger partial charge in [0.1, 0.15) is 5.60 Å². The van der Waals surface area contributed by atoms with Gasteiger partial charge in [0.2, 0.25) is 0 Å². The first-order valence-corrected chi connectivity index (χ1v) is 10.8. The molecule has 0 spiro atoms. The quantitative estimate of drug-likeness (QED) is 0.291. The Balaban J connectivity index is 1.89. The molecule has 0 bridgehead atoms. The summed E-state index contributed by atoms with van der Waals surface area (Å²) >= 11 is 2.10. The fraction of sp³-hybridized carbons (Fsp3) is 0.929. The summed E-state index contributed by atoms with van der Waals surface area (Å²) in [6, 6.07) is 0. The molecule has 0 radical (unpaired) electrons. The second-order valence-electron chi connectivity index (χ2n) is 6.08. The largest absolute Gasteiger partial charge is 0.444 e. The molecule has 1 aliphatic heterocycles. The summed E-state index contributed by atoms with van der Waals surface area (Å²) in [6.45, 7) is 9.61. The number of nitrogens with zero attached hydrogens (tertiary/aromatic N) is 1. The van der Waals surface area contributed by atoms with E-state index in [1.807, 2.05) is 20.8 Å². The van der Waals surface area contributed by atoms with Crippen molar-refractivity contribution in [3.63, 3.8) is 0 Å². The zero-order valence-electron chi connectivity index (χ0n) is 13.5. The molecule has 130 valence electrons. The zero-order chi connectivity index (χ0) is 16.4. The van der Waals surface area contributed by atoms with E-state index >= 15 is 0 Å². The summed E-state index contributed by atoms with van der Waals surface area (Å²) in [4.78, 5) is 13.4. The van der Waals surface area contributed by atoms with Crippen molar-refractivity contribution in [2.24, 2.45) is 0 Å². The molecule has 0 aliphatic carbocycles. The van der Waals surface area contributed by atoms with Crippen LogP contribution < -0.4 is 0 Å². The van der Waals surface area contributed by atoms with E-state index in [2.05, 4.69) is 21.2 Å². The Bertz CT molecular complexity index is 321. The maximum absolute atomic E-state index is 11.7. The lowest BCUT2D eigenvalue weighted by molar-refractivity contribution is -0.0665. The Labute approximate surface area is 149 Å². The summed E-state index contributed by atoms with van der Waals surface area (Å²) in [7, 11) is 1.35. The molecule has 8 heteroatoms. The third-order valence-electron chi connectivity index (χ3n) is 2.85. The lowest BCUT2D eigenvalue weighted by Gasteiger charge is -2.39. The number of hydrogen-bond donors (Lipinski definition) is 0. The van der Waals surface area contributed by atoms with Crippen molar-refractivity contribution in [2.75, 3.05) is 39.5 Å². The number of carbonyl (C=O) groups is 1.